The summed E-state index contributed by atoms with van der Waals surface area (Å²) in [4.78, 5) is 13.6. The Bertz CT molecular complexity index is 1020. The minimum absolute atomic E-state index is 0.370. The molecule has 126 valence electrons. The van der Waals surface area contributed by atoms with Crippen LogP contribution in [0.3, 0.4) is 0 Å². The van der Waals surface area contributed by atoms with Crippen LogP contribution in [0.2, 0.25) is 5.15 Å². The first-order valence-electron chi connectivity index (χ1n) is 7.39. The van der Waals surface area contributed by atoms with Crippen LogP contribution in [-0.4, -0.2) is 31.7 Å². The van der Waals surface area contributed by atoms with Crippen molar-refractivity contribution >= 4 is 39.7 Å². The molecule has 25 heavy (non-hydrogen) atoms. The Kier molecular flexibility index (Phi) is 3.98. The van der Waals surface area contributed by atoms with Gasteiger partial charge in [-0.2, -0.15) is 4.98 Å². The summed E-state index contributed by atoms with van der Waals surface area (Å²) in [6, 6.07) is 9.45. The molecule has 0 radical (unpaired) electrons. The van der Waals surface area contributed by atoms with E-state index in [4.69, 9.17) is 16.3 Å². The Morgan fingerprint density at radius 1 is 1.16 bits per heavy atom. The van der Waals surface area contributed by atoms with Gasteiger partial charge in [-0.15, -0.1) is 16.4 Å². The van der Waals surface area contributed by atoms with E-state index in [0.29, 0.717) is 22.7 Å². The van der Waals surface area contributed by atoms with Gasteiger partial charge >= 0.3 is 0 Å². The molecule has 4 aromatic rings. The van der Waals surface area contributed by atoms with Crippen molar-refractivity contribution < 1.29 is 4.74 Å². The highest BCUT2D eigenvalue weighted by molar-refractivity contribution is 7.15. The summed E-state index contributed by atoms with van der Waals surface area (Å²) in [7, 11) is 1.65. The van der Waals surface area contributed by atoms with Crippen molar-refractivity contribution in [1.29, 1.82) is 0 Å². The van der Waals surface area contributed by atoms with Crippen molar-refractivity contribution in [3.05, 3.63) is 46.7 Å². The van der Waals surface area contributed by atoms with E-state index in [9.17, 15) is 0 Å². The van der Waals surface area contributed by atoms with Gasteiger partial charge in [-0.25, -0.2) is 14.5 Å². The summed E-state index contributed by atoms with van der Waals surface area (Å²) < 4.78 is 6.99. The van der Waals surface area contributed by atoms with Gasteiger partial charge in [0.2, 0.25) is 10.9 Å². The average molecular weight is 373 g/mol. The van der Waals surface area contributed by atoms with Crippen LogP contribution in [0.5, 0.6) is 5.75 Å². The van der Waals surface area contributed by atoms with Gasteiger partial charge in [-0.3, -0.25) is 0 Å². The summed E-state index contributed by atoms with van der Waals surface area (Å²) in [5, 5.41) is 9.97. The van der Waals surface area contributed by atoms with Gasteiger partial charge in [-0.1, -0.05) is 11.6 Å². The number of rotatable bonds is 4. The number of hydrogen-bond acceptors (Lipinski definition) is 7. The number of aryl methyl sites for hydroxylation is 1. The van der Waals surface area contributed by atoms with Crippen molar-refractivity contribution in [2.75, 3.05) is 12.4 Å². The number of thiazole rings is 1. The fourth-order valence-corrected chi connectivity index (χ4v) is 3.46. The average Bonchev–Trinajstić information content (AvgIpc) is 3.14. The van der Waals surface area contributed by atoms with Crippen molar-refractivity contribution in [3.8, 4) is 17.0 Å². The van der Waals surface area contributed by atoms with Gasteiger partial charge in [0.15, 0.2) is 0 Å². The number of nitrogens with zero attached hydrogens (tertiary/aromatic N) is 5. The summed E-state index contributed by atoms with van der Waals surface area (Å²) >= 11 is 7.47. The highest BCUT2D eigenvalue weighted by Crippen LogP contribution is 2.28. The molecule has 0 bridgehead atoms. The van der Waals surface area contributed by atoms with Crippen molar-refractivity contribution in [1.82, 2.24) is 24.6 Å². The largest absolute Gasteiger partial charge is 0.497 e. The zero-order valence-corrected chi connectivity index (χ0v) is 15.0. The molecule has 0 fully saturated rings. The number of anilines is 2. The van der Waals surface area contributed by atoms with E-state index in [1.165, 1.54) is 11.3 Å². The van der Waals surface area contributed by atoms with E-state index in [2.05, 4.69) is 25.4 Å². The third-order valence-electron chi connectivity index (χ3n) is 3.51. The molecule has 0 aliphatic heterocycles. The predicted molar refractivity (Wildman–Crippen MR) is 97.9 cm³/mol. The molecule has 0 spiro atoms. The third-order valence-corrected chi connectivity index (χ3v) is 4.52. The van der Waals surface area contributed by atoms with Gasteiger partial charge in [0.1, 0.15) is 22.5 Å². The second kappa shape index (κ2) is 6.30. The molecule has 0 saturated carbocycles. The highest BCUT2D eigenvalue weighted by atomic mass is 35.5. The molecule has 7 nitrogen and oxygen atoms in total. The fourth-order valence-electron chi connectivity index (χ4n) is 2.40. The van der Waals surface area contributed by atoms with Crippen LogP contribution in [0.1, 0.15) is 5.82 Å². The number of fused-ring (bicyclic) bond motifs is 1. The lowest BCUT2D eigenvalue weighted by molar-refractivity contribution is 0.415. The lowest BCUT2D eigenvalue weighted by atomic mass is 10.2. The Morgan fingerprint density at radius 3 is 2.68 bits per heavy atom. The van der Waals surface area contributed by atoms with Crippen molar-refractivity contribution in [2.45, 2.75) is 6.92 Å². The Morgan fingerprint density at radius 2 is 1.96 bits per heavy atom. The molecule has 0 unspecified atom stereocenters. The molecule has 0 saturated heterocycles. The molecular formula is C16H13ClN6OS. The third kappa shape index (κ3) is 3.13. The molecule has 0 aliphatic carbocycles. The Hall–Kier alpha value is -2.71. The van der Waals surface area contributed by atoms with E-state index in [0.717, 1.165) is 22.0 Å². The van der Waals surface area contributed by atoms with E-state index < -0.39 is 0 Å². The molecule has 3 heterocycles. The molecule has 0 amide bonds. The van der Waals surface area contributed by atoms with Crippen molar-refractivity contribution in [2.24, 2.45) is 0 Å². The standard InChI is InChI=1S/C16H13ClN6OS/c1-9-18-13(17)7-14(19-9)20-15-21-16-23(22-15)12(8-25-16)10-3-5-11(24-2)6-4-10/h3-8H,1-2H3,(H,18,19,20,22). The van der Waals surface area contributed by atoms with Gasteiger partial charge in [-0.05, 0) is 31.2 Å². The summed E-state index contributed by atoms with van der Waals surface area (Å²) in [6.07, 6.45) is 0. The number of benzene rings is 1. The number of halogens is 1. The van der Waals surface area contributed by atoms with Crippen LogP contribution in [0.25, 0.3) is 16.2 Å². The minimum atomic E-state index is 0.370. The van der Waals surface area contributed by atoms with Crippen LogP contribution >= 0.6 is 22.9 Å². The first kappa shape index (κ1) is 15.8. The van der Waals surface area contributed by atoms with Crippen molar-refractivity contribution in [3.63, 3.8) is 0 Å². The monoisotopic (exact) mass is 372 g/mol. The molecule has 3 aromatic heterocycles. The second-order valence-electron chi connectivity index (χ2n) is 5.23. The van der Waals surface area contributed by atoms with Gasteiger partial charge < -0.3 is 10.1 Å². The van der Waals surface area contributed by atoms with Crippen LogP contribution in [0, 0.1) is 6.92 Å². The first-order chi connectivity index (χ1) is 12.1. The summed E-state index contributed by atoms with van der Waals surface area (Å²) in [6.45, 7) is 1.78. The highest BCUT2D eigenvalue weighted by Gasteiger charge is 2.12. The smallest absolute Gasteiger partial charge is 0.249 e. The molecule has 1 N–H and O–H groups in total. The molecule has 4 rings (SSSR count). The molecule has 9 heteroatoms. The molecular weight excluding hydrogens is 360 g/mol. The normalized spacial score (nSPS) is 11.0. The van der Waals surface area contributed by atoms with Crippen LogP contribution in [0.4, 0.5) is 11.8 Å². The van der Waals surface area contributed by atoms with E-state index in [-0.39, 0.29) is 0 Å². The number of nitrogens with one attached hydrogen (secondary N) is 1. The number of methoxy groups -OCH3 is 1. The molecule has 0 aliphatic rings. The minimum Gasteiger partial charge on any atom is -0.497 e. The maximum absolute atomic E-state index is 5.96. The summed E-state index contributed by atoms with van der Waals surface area (Å²) in [5.41, 5.74) is 1.99. The fraction of sp³-hybridized carbons (Fsp3) is 0.125. The number of hydrogen-bond donors (Lipinski definition) is 1. The number of ether oxygens (including phenoxy) is 1. The topological polar surface area (TPSA) is 77.2 Å². The lowest BCUT2D eigenvalue weighted by Gasteiger charge is -2.03. The van der Waals surface area contributed by atoms with Crippen LogP contribution in [0.15, 0.2) is 35.7 Å². The van der Waals surface area contributed by atoms with Crippen LogP contribution in [-0.2, 0) is 0 Å². The zero-order valence-electron chi connectivity index (χ0n) is 13.4. The Balaban J connectivity index is 1.67. The van der Waals surface area contributed by atoms with Gasteiger partial charge in [0.05, 0.1) is 12.8 Å². The maximum atomic E-state index is 5.96. The maximum Gasteiger partial charge on any atom is 0.249 e. The zero-order chi connectivity index (χ0) is 17.4. The van der Waals surface area contributed by atoms with Crippen LogP contribution < -0.4 is 10.1 Å². The van der Waals surface area contributed by atoms with Gasteiger partial charge in [0, 0.05) is 17.0 Å². The van der Waals surface area contributed by atoms with E-state index >= 15 is 0 Å². The summed E-state index contributed by atoms with van der Waals surface area (Å²) in [5.74, 6) is 2.40. The van der Waals surface area contributed by atoms with E-state index in [1.807, 2.05) is 29.6 Å². The van der Waals surface area contributed by atoms with Gasteiger partial charge in [0.25, 0.3) is 0 Å². The second-order valence-corrected chi connectivity index (χ2v) is 6.45. The lowest BCUT2D eigenvalue weighted by Crippen LogP contribution is -1.99. The van der Waals surface area contributed by atoms with E-state index in [1.54, 1.807) is 24.6 Å². The SMILES string of the molecule is COc1ccc(-c2csc3nc(Nc4cc(Cl)nc(C)n4)nn23)cc1. The quantitative estimate of drug-likeness (QED) is 0.546. The molecule has 0 atom stereocenters. The predicted octanol–water partition coefficient (Wildman–Crippen LogP) is 3.96. The molecule has 1 aromatic carbocycles. The first-order valence-corrected chi connectivity index (χ1v) is 8.65. The number of aromatic nitrogens is 5. The Labute approximate surface area is 152 Å².